The number of hydrogen-bond acceptors (Lipinski definition) is 2. The number of hydrogen-bond donors (Lipinski definition) is 1. The highest BCUT2D eigenvalue weighted by Crippen LogP contribution is 2.22. The lowest BCUT2D eigenvalue weighted by molar-refractivity contribution is 0.0917. The van der Waals surface area contributed by atoms with E-state index in [4.69, 9.17) is 11.6 Å². The predicted octanol–water partition coefficient (Wildman–Crippen LogP) is 2.68. The molecule has 0 aliphatic heterocycles. The summed E-state index contributed by atoms with van der Waals surface area (Å²) in [5, 5.41) is 4.74. The van der Waals surface area contributed by atoms with E-state index in [1.165, 1.54) is 17.8 Å². The van der Waals surface area contributed by atoms with Gasteiger partial charge in [-0.1, -0.05) is 11.6 Å². The van der Waals surface area contributed by atoms with Gasteiger partial charge in [0.1, 0.15) is 0 Å². The predicted molar refractivity (Wildman–Crippen MR) is 54.4 cm³/mol. The Morgan fingerprint density at radius 2 is 2.38 bits per heavy atom. The van der Waals surface area contributed by atoms with Crippen molar-refractivity contribution in [2.24, 2.45) is 0 Å². The third-order valence-corrected chi connectivity index (χ3v) is 3.36. The maximum absolute atomic E-state index is 11.5. The van der Waals surface area contributed by atoms with E-state index in [2.05, 4.69) is 5.32 Å². The van der Waals surface area contributed by atoms with E-state index in [0.717, 1.165) is 12.8 Å². The van der Waals surface area contributed by atoms with Gasteiger partial charge in [-0.15, -0.1) is 11.3 Å². The monoisotopic (exact) mass is 215 g/mol. The van der Waals surface area contributed by atoms with E-state index in [1.807, 2.05) is 0 Å². The summed E-state index contributed by atoms with van der Waals surface area (Å²) >= 11 is 7.12. The molecule has 0 radical (unpaired) electrons. The van der Waals surface area contributed by atoms with E-state index < -0.39 is 0 Å². The van der Waals surface area contributed by atoms with Crippen molar-refractivity contribution in [1.82, 2.24) is 5.32 Å². The zero-order valence-corrected chi connectivity index (χ0v) is 8.62. The summed E-state index contributed by atoms with van der Waals surface area (Å²) < 4.78 is 0.666. The van der Waals surface area contributed by atoms with Crippen LogP contribution in [0.1, 0.15) is 29.6 Å². The zero-order chi connectivity index (χ0) is 9.26. The molecule has 13 heavy (non-hydrogen) atoms. The molecule has 2 nitrogen and oxygen atoms in total. The van der Waals surface area contributed by atoms with Gasteiger partial charge >= 0.3 is 0 Å². The van der Waals surface area contributed by atoms with Crippen molar-refractivity contribution in [2.45, 2.75) is 25.3 Å². The van der Waals surface area contributed by atoms with Crippen LogP contribution in [0.5, 0.6) is 0 Å². The van der Waals surface area contributed by atoms with E-state index in [0.29, 0.717) is 15.9 Å². The standard InChI is InChI=1S/C9H10ClNOS/c10-8-4-6(5-13-8)9(12)11-7-2-1-3-7/h4-5,7H,1-3H2,(H,11,12). The highest BCUT2D eigenvalue weighted by Gasteiger charge is 2.20. The number of carbonyl (C=O) groups is 1. The zero-order valence-electron chi connectivity index (χ0n) is 7.05. The Labute approximate surface area is 85.9 Å². The number of thiophene rings is 1. The Morgan fingerprint density at radius 1 is 1.62 bits per heavy atom. The first-order valence-electron chi connectivity index (χ1n) is 4.30. The lowest BCUT2D eigenvalue weighted by Crippen LogP contribution is -2.39. The van der Waals surface area contributed by atoms with Crippen LogP contribution >= 0.6 is 22.9 Å². The van der Waals surface area contributed by atoms with Crippen LogP contribution in [-0.2, 0) is 0 Å². The van der Waals surface area contributed by atoms with Gasteiger partial charge in [0.15, 0.2) is 0 Å². The lowest BCUT2D eigenvalue weighted by atomic mass is 9.93. The Balaban J connectivity index is 1.96. The maximum Gasteiger partial charge on any atom is 0.252 e. The van der Waals surface area contributed by atoms with Crippen LogP contribution in [0.15, 0.2) is 11.4 Å². The molecule has 1 heterocycles. The summed E-state index contributed by atoms with van der Waals surface area (Å²) in [5.74, 6) is 0.00727. The second-order valence-corrected chi connectivity index (χ2v) is 4.78. The smallest absolute Gasteiger partial charge is 0.252 e. The fraction of sp³-hybridized carbons (Fsp3) is 0.444. The van der Waals surface area contributed by atoms with Crippen molar-refractivity contribution in [1.29, 1.82) is 0 Å². The third-order valence-electron chi connectivity index (χ3n) is 2.27. The van der Waals surface area contributed by atoms with Gasteiger partial charge in [0, 0.05) is 11.4 Å². The lowest BCUT2D eigenvalue weighted by Gasteiger charge is -2.26. The molecule has 1 saturated carbocycles. The van der Waals surface area contributed by atoms with E-state index in [-0.39, 0.29) is 5.91 Å². The van der Waals surface area contributed by atoms with Gasteiger partial charge in [0.25, 0.3) is 5.91 Å². The summed E-state index contributed by atoms with van der Waals surface area (Å²) in [5.41, 5.74) is 0.682. The SMILES string of the molecule is O=C(NC1CCC1)c1csc(Cl)c1. The molecule has 1 aliphatic rings. The normalized spacial score (nSPS) is 16.7. The summed E-state index contributed by atoms with van der Waals surface area (Å²) in [6.07, 6.45) is 3.46. The number of rotatable bonds is 2. The minimum absolute atomic E-state index is 0.00727. The van der Waals surface area contributed by atoms with Crippen LogP contribution in [0.3, 0.4) is 0 Å². The number of nitrogens with one attached hydrogen (secondary N) is 1. The molecule has 4 heteroatoms. The van der Waals surface area contributed by atoms with Crippen molar-refractivity contribution in [3.63, 3.8) is 0 Å². The van der Waals surface area contributed by atoms with Crippen molar-refractivity contribution in [3.05, 3.63) is 21.3 Å². The minimum Gasteiger partial charge on any atom is -0.349 e. The quantitative estimate of drug-likeness (QED) is 0.808. The first kappa shape index (κ1) is 9.03. The average Bonchev–Trinajstić information content (AvgIpc) is 2.44. The molecule has 1 fully saturated rings. The van der Waals surface area contributed by atoms with Crippen LogP contribution in [0, 0.1) is 0 Å². The van der Waals surface area contributed by atoms with Gasteiger partial charge < -0.3 is 5.32 Å². The molecular formula is C9H10ClNOS. The van der Waals surface area contributed by atoms with Gasteiger partial charge in [-0.05, 0) is 25.3 Å². The topological polar surface area (TPSA) is 29.1 Å². The third kappa shape index (κ3) is 2.03. The van der Waals surface area contributed by atoms with Crippen molar-refractivity contribution < 1.29 is 4.79 Å². The van der Waals surface area contributed by atoms with Crippen molar-refractivity contribution >= 4 is 28.8 Å². The molecule has 2 rings (SSSR count). The van der Waals surface area contributed by atoms with Crippen LogP contribution in [0.2, 0.25) is 4.34 Å². The highest BCUT2D eigenvalue weighted by molar-refractivity contribution is 7.14. The van der Waals surface area contributed by atoms with Gasteiger partial charge in [0.05, 0.1) is 9.90 Å². The first-order chi connectivity index (χ1) is 6.25. The molecule has 70 valence electrons. The summed E-state index contributed by atoms with van der Waals surface area (Å²) in [6, 6.07) is 2.10. The molecule has 0 spiro atoms. The van der Waals surface area contributed by atoms with Crippen LogP contribution in [0.25, 0.3) is 0 Å². The molecule has 0 bridgehead atoms. The Hall–Kier alpha value is -0.540. The highest BCUT2D eigenvalue weighted by atomic mass is 35.5. The molecule has 0 unspecified atom stereocenters. The van der Waals surface area contributed by atoms with E-state index in [9.17, 15) is 4.79 Å². The van der Waals surface area contributed by atoms with Crippen molar-refractivity contribution in [2.75, 3.05) is 0 Å². The molecule has 0 atom stereocenters. The van der Waals surface area contributed by atoms with Crippen LogP contribution in [-0.4, -0.2) is 11.9 Å². The largest absolute Gasteiger partial charge is 0.349 e. The van der Waals surface area contributed by atoms with Crippen LogP contribution in [0.4, 0.5) is 0 Å². The Morgan fingerprint density at radius 3 is 2.85 bits per heavy atom. The Kier molecular flexibility index (Phi) is 2.56. The molecule has 1 N–H and O–H groups in total. The van der Waals surface area contributed by atoms with Gasteiger partial charge in [-0.3, -0.25) is 4.79 Å². The minimum atomic E-state index is 0.00727. The summed E-state index contributed by atoms with van der Waals surface area (Å²) in [6.45, 7) is 0. The van der Waals surface area contributed by atoms with Crippen LogP contribution < -0.4 is 5.32 Å². The number of halogens is 1. The first-order valence-corrected chi connectivity index (χ1v) is 5.56. The molecule has 1 aliphatic carbocycles. The number of amides is 1. The fourth-order valence-electron chi connectivity index (χ4n) is 1.25. The van der Waals surface area contributed by atoms with Gasteiger partial charge in [-0.25, -0.2) is 0 Å². The summed E-state index contributed by atoms with van der Waals surface area (Å²) in [7, 11) is 0. The second-order valence-electron chi connectivity index (χ2n) is 3.24. The van der Waals surface area contributed by atoms with Crippen molar-refractivity contribution in [3.8, 4) is 0 Å². The fourth-order valence-corrected chi connectivity index (χ4v) is 2.11. The number of carbonyl (C=O) groups excluding carboxylic acids is 1. The second kappa shape index (κ2) is 3.68. The molecule has 1 aromatic rings. The maximum atomic E-state index is 11.5. The van der Waals surface area contributed by atoms with E-state index in [1.54, 1.807) is 11.4 Å². The average molecular weight is 216 g/mol. The molecule has 1 amide bonds. The molecule has 0 aromatic carbocycles. The summed E-state index contributed by atoms with van der Waals surface area (Å²) in [4.78, 5) is 11.5. The van der Waals surface area contributed by atoms with E-state index >= 15 is 0 Å². The molecule has 0 saturated heterocycles. The molecule has 1 aromatic heterocycles. The van der Waals surface area contributed by atoms with Gasteiger partial charge in [-0.2, -0.15) is 0 Å². The molecular weight excluding hydrogens is 206 g/mol. The van der Waals surface area contributed by atoms with Gasteiger partial charge in [0.2, 0.25) is 0 Å². The Bertz CT molecular complexity index is 319.